The van der Waals surface area contributed by atoms with Crippen LogP contribution in [-0.2, 0) is 11.0 Å². The highest BCUT2D eigenvalue weighted by Gasteiger charge is 2.29. The van der Waals surface area contributed by atoms with E-state index in [0.717, 1.165) is 66.1 Å². The largest absolute Gasteiger partial charge is 0.309 e. The van der Waals surface area contributed by atoms with Gasteiger partial charge < -0.3 is 4.57 Å². The van der Waals surface area contributed by atoms with E-state index in [1.165, 1.54) is 5.69 Å². The van der Waals surface area contributed by atoms with Crippen LogP contribution >= 0.6 is 7.14 Å². The molecular formula is C39H33N2OP. The first-order chi connectivity index (χ1) is 21.0. The Kier molecular flexibility index (Phi) is 6.84. The van der Waals surface area contributed by atoms with Crippen LogP contribution in [0.1, 0.15) is 25.2 Å². The molecule has 3 nitrogen and oxygen atoms in total. The number of rotatable bonds is 5. The molecule has 0 aliphatic heterocycles. The monoisotopic (exact) mass is 576 g/mol. The van der Waals surface area contributed by atoms with E-state index in [2.05, 4.69) is 72.5 Å². The van der Waals surface area contributed by atoms with Crippen molar-refractivity contribution in [2.75, 3.05) is 0 Å². The lowest BCUT2D eigenvalue weighted by molar-refractivity contribution is 0.592. The van der Waals surface area contributed by atoms with Crippen molar-refractivity contribution in [2.24, 2.45) is 5.92 Å². The fourth-order valence-corrected chi connectivity index (χ4v) is 8.91. The van der Waals surface area contributed by atoms with E-state index in [-0.39, 0.29) is 0 Å². The molecule has 4 aromatic carbocycles. The first-order valence-corrected chi connectivity index (χ1v) is 16.5. The minimum Gasteiger partial charge on any atom is -0.309 e. The molecule has 1 aliphatic carbocycles. The van der Waals surface area contributed by atoms with Crippen LogP contribution < -0.4 is 26.4 Å². The van der Waals surface area contributed by atoms with Crippen LogP contribution in [0, 0.1) is 5.92 Å². The molecule has 0 saturated heterocycles. The molecule has 43 heavy (non-hydrogen) atoms. The molecule has 0 spiro atoms. The summed E-state index contributed by atoms with van der Waals surface area (Å²) in [6.45, 7) is 8.75. The Hall–Kier alpha value is -4.72. The van der Waals surface area contributed by atoms with Crippen molar-refractivity contribution in [3.8, 4) is 11.1 Å². The minimum atomic E-state index is -3.03. The highest BCUT2D eigenvalue weighted by atomic mass is 31.2. The zero-order chi connectivity index (χ0) is 29.6. The average molecular weight is 577 g/mol. The van der Waals surface area contributed by atoms with E-state index < -0.39 is 7.14 Å². The Morgan fingerprint density at radius 3 is 2.14 bits per heavy atom. The summed E-state index contributed by atoms with van der Waals surface area (Å²) in [6.07, 6.45) is 11.6. The number of aromatic nitrogens is 2. The summed E-state index contributed by atoms with van der Waals surface area (Å²) in [5.74, 6) is 0.450. The zero-order valence-electron chi connectivity index (χ0n) is 24.4. The van der Waals surface area contributed by atoms with Crippen molar-refractivity contribution < 1.29 is 4.57 Å². The predicted octanol–water partition coefficient (Wildman–Crippen LogP) is 6.77. The lowest BCUT2D eigenvalue weighted by Crippen LogP contribution is -2.27. The zero-order valence-corrected chi connectivity index (χ0v) is 25.3. The van der Waals surface area contributed by atoms with Gasteiger partial charge in [-0.3, -0.25) is 4.40 Å². The molecule has 1 atom stereocenters. The van der Waals surface area contributed by atoms with E-state index in [1.54, 1.807) is 0 Å². The molecule has 0 saturated carbocycles. The fraction of sp³-hybridized carbons (Fsp3) is 0.103. The third-order valence-electron chi connectivity index (χ3n) is 8.48. The van der Waals surface area contributed by atoms with E-state index >= 15 is 0 Å². The van der Waals surface area contributed by atoms with E-state index in [1.807, 2.05) is 85.8 Å². The molecule has 2 aromatic heterocycles. The van der Waals surface area contributed by atoms with Crippen molar-refractivity contribution in [2.45, 2.75) is 20.3 Å². The highest BCUT2D eigenvalue weighted by molar-refractivity contribution is 7.85. The highest BCUT2D eigenvalue weighted by Crippen LogP contribution is 2.42. The van der Waals surface area contributed by atoms with Gasteiger partial charge in [0.2, 0.25) is 0 Å². The number of benzene rings is 4. The van der Waals surface area contributed by atoms with Gasteiger partial charge >= 0.3 is 0 Å². The molecule has 7 rings (SSSR count). The second-order valence-electron chi connectivity index (χ2n) is 11.3. The molecule has 0 radical (unpaired) electrons. The minimum absolute atomic E-state index is 0.450. The molecule has 0 amide bonds. The number of hydrogen-bond donors (Lipinski definition) is 0. The normalized spacial score (nSPS) is 15.5. The van der Waals surface area contributed by atoms with Crippen molar-refractivity contribution >= 4 is 58.3 Å². The van der Waals surface area contributed by atoms with Crippen molar-refractivity contribution in [3.63, 3.8) is 0 Å². The van der Waals surface area contributed by atoms with Gasteiger partial charge in [-0.05, 0) is 47.8 Å². The summed E-state index contributed by atoms with van der Waals surface area (Å²) in [5, 5.41) is 5.68. The van der Waals surface area contributed by atoms with Crippen molar-refractivity contribution in [1.82, 2.24) is 9.38 Å². The second kappa shape index (κ2) is 10.8. The van der Waals surface area contributed by atoms with Crippen LogP contribution in [0.5, 0.6) is 0 Å². The Morgan fingerprint density at radius 2 is 1.49 bits per heavy atom. The summed E-state index contributed by atoms with van der Waals surface area (Å²) in [7, 11) is -3.03. The van der Waals surface area contributed by atoms with Gasteiger partial charge in [0.05, 0.1) is 16.9 Å². The van der Waals surface area contributed by atoms with Crippen LogP contribution in [0.25, 0.3) is 46.4 Å². The van der Waals surface area contributed by atoms with E-state index in [9.17, 15) is 4.57 Å². The maximum atomic E-state index is 14.8. The lowest BCUT2D eigenvalue weighted by atomic mass is 9.98. The quantitative estimate of drug-likeness (QED) is 0.213. The maximum Gasteiger partial charge on any atom is 0.171 e. The number of fused-ring (bicyclic) bond motifs is 5. The first kappa shape index (κ1) is 27.1. The smallest absolute Gasteiger partial charge is 0.171 e. The molecular weight excluding hydrogens is 543 g/mol. The summed E-state index contributed by atoms with van der Waals surface area (Å²) in [6, 6.07) is 34.6. The van der Waals surface area contributed by atoms with Gasteiger partial charge in [0.25, 0.3) is 0 Å². The molecule has 0 N–H and O–H groups in total. The van der Waals surface area contributed by atoms with Crippen LogP contribution in [0.15, 0.2) is 121 Å². The van der Waals surface area contributed by atoms with Gasteiger partial charge in [-0.1, -0.05) is 135 Å². The summed E-state index contributed by atoms with van der Waals surface area (Å²) in [4.78, 5) is 5.04. The molecule has 0 fully saturated rings. The molecule has 1 aliphatic rings. The first-order valence-electron chi connectivity index (χ1n) is 14.8. The Morgan fingerprint density at radius 1 is 0.860 bits per heavy atom. The van der Waals surface area contributed by atoms with E-state index in [4.69, 9.17) is 4.98 Å². The summed E-state index contributed by atoms with van der Waals surface area (Å²) < 4.78 is 17.2. The Bertz CT molecular complexity index is 2170. The Labute approximate surface area is 252 Å². The Balaban J connectivity index is 1.41. The SMILES string of the molecule is C=c1/c(=C\C=C/C)c2ccc(-c3ccc(P(=O)(c4ccccc4)c4ccccc4)cc3)cc2n2c3c(nc12)C=C[C@H](C)C3. The van der Waals surface area contributed by atoms with E-state index in [0.29, 0.717) is 5.92 Å². The molecule has 2 heterocycles. The third kappa shape index (κ3) is 4.52. The fourth-order valence-electron chi connectivity index (χ4n) is 6.27. The average Bonchev–Trinajstić information content (AvgIpc) is 3.44. The van der Waals surface area contributed by atoms with Crippen LogP contribution in [0.4, 0.5) is 0 Å². The molecule has 0 unspecified atom stereocenters. The number of nitrogens with zero attached hydrogens (tertiary/aromatic N) is 2. The molecule has 6 aromatic rings. The van der Waals surface area contributed by atoms with Gasteiger partial charge in [-0.15, -0.1) is 0 Å². The number of hydrogen-bond acceptors (Lipinski definition) is 2. The number of imidazole rings is 1. The van der Waals surface area contributed by atoms with Gasteiger partial charge in [-0.25, -0.2) is 4.98 Å². The van der Waals surface area contributed by atoms with Gasteiger partial charge in [-0.2, -0.15) is 0 Å². The maximum absolute atomic E-state index is 14.8. The third-order valence-corrected chi connectivity index (χ3v) is 11.6. The molecule has 210 valence electrons. The molecule has 4 heteroatoms. The van der Waals surface area contributed by atoms with Crippen molar-refractivity contribution in [3.05, 3.63) is 143 Å². The summed E-state index contributed by atoms with van der Waals surface area (Å²) >= 11 is 0. The van der Waals surface area contributed by atoms with Crippen LogP contribution in [0.2, 0.25) is 0 Å². The van der Waals surface area contributed by atoms with Crippen LogP contribution in [-0.4, -0.2) is 9.38 Å². The number of pyridine rings is 1. The van der Waals surface area contributed by atoms with Gasteiger partial charge in [0.15, 0.2) is 7.14 Å². The van der Waals surface area contributed by atoms with Gasteiger partial charge in [0.1, 0.15) is 5.65 Å². The number of allylic oxidation sites excluding steroid dienone is 3. The lowest BCUT2D eigenvalue weighted by Gasteiger charge is -2.20. The van der Waals surface area contributed by atoms with Crippen molar-refractivity contribution in [1.29, 1.82) is 0 Å². The molecule has 0 bridgehead atoms. The standard InChI is InChI=1S/C39H33N2OP/c1-4-5-16-34-28(3)39-40-36-24-17-27(2)25-38(36)41(39)37-26-30(20-23-35(34)37)29-18-21-33(22-19-29)43(42,31-12-8-6-9-13-31)32-14-10-7-11-15-32/h4-24,26-27H,3,25H2,1-2H3/b5-4-,34-16+/t27-/m0/s1. The second-order valence-corrected chi connectivity index (χ2v) is 14.1. The van der Waals surface area contributed by atoms with Crippen LogP contribution in [0.3, 0.4) is 0 Å². The van der Waals surface area contributed by atoms with Gasteiger partial charge in [0, 0.05) is 26.5 Å². The predicted molar refractivity (Wildman–Crippen MR) is 183 cm³/mol. The summed E-state index contributed by atoms with van der Waals surface area (Å²) in [5.41, 5.74) is 6.47. The topological polar surface area (TPSA) is 34.4 Å².